The zero-order chi connectivity index (χ0) is 12.6. The summed E-state index contributed by atoms with van der Waals surface area (Å²) in [6.45, 7) is 1.93. The Hall–Kier alpha value is -0.350. The van der Waals surface area contributed by atoms with Crippen LogP contribution in [0.5, 0.6) is 0 Å². The maximum Gasteiger partial charge on any atom is 0.195 e. The summed E-state index contributed by atoms with van der Waals surface area (Å²) in [4.78, 5) is 12.2. The second kappa shape index (κ2) is 5.11. The Labute approximate surface area is 121 Å². The molecule has 17 heavy (non-hydrogen) atoms. The third kappa shape index (κ3) is 2.91. The van der Waals surface area contributed by atoms with Gasteiger partial charge in [-0.15, -0.1) is 11.3 Å². The first kappa shape index (κ1) is 13.1. The lowest BCUT2D eigenvalue weighted by atomic mass is 10.0. The van der Waals surface area contributed by atoms with E-state index in [1.165, 1.54) is 11.3 Å². The Morgan fingerprint density at radius 2 is 1.94 bits per heavy atom. The number of halogens is 3. The van der Waals surface area contributed by atoms with Gasteiger partial charge in [0, 0.05) is 10.0 Å². The number of hydrogen-bond acceptors (Lipinski definition) is 2. The molecule has 0 unspecified atom stereocenters. The Bertz CT molecular complexity index is 572. The summed E-state index contributed by atoms with van der Waals surface area (Å²) in [6.07, 6.45) is 0. The van der Waals surface area contributed by atoms with E-state index in [0.717, 1.165) is 10.0 Å². The van der Waals surface area contributed by atoms with Gasteiger partial charge in [-0.05, 0) is 36.8 Å². The molecule has 1 nitrogen and oxygen atoms in total. The number of ketones is 1. The van der Waals surface area contributed by atoms with Crippen molar-refractivity contribution >= 4 is 56.3 Å². The van der Waals surface area contributed by atoms with E-state index in [4.69, 9.17) is 23.2 Å². The number of aryl methyl sites for hydroxylation is 1. The molecule has 2 rings (SSSR count). The Kier molecular flexibility index (Phi) is 3.93. The van der Waals surface area contributed by atoms with Crippen molar-refractivity contribution in [2.45, 2.75) is 6.92 Å². The molecule has 0 radical (unpaired) electrons. The van der Waals surface area contributed by atoms with E-state index < -0.39 is 0 Å². The summed E-state index contributed by atoms with van der Waals surface area (Å²) in [5.74, 6) is -0.109. The van der Waals surface area contributed by atoms with Gasteiger partial charge in [-0.3, -0.25) is 4.79 Å². The summed E-state index contributed by atoms with van der Waals surface area (Å²) in [6, 6.07) is 7.15. The van der Waals surface area contributed by atoms with Crippen molar-refractivity contribution in [2.75, 3.05) is 0 Å². The number of carbonyl (C=O) groups is 1. The monoisotopic (exact) mass is 348 g/mol. The standard InChI is InChI=1S/C12H7BrCl2OS/c1-6-2-7(4-8(13)3-6)11(16)9-5-10(14)17-12(9)15/h2-5H,1H3. The molecular formula is C12H7BrCl2OS. The van der Waals surface area contributed by atoms with Crippen molar-refractivity contribution in [2.24, 2.45) is 0 Å². The molecule has 0 fully saturated rings. The van der Waals surface area contributed by atoms with Gasteiger partial charge in [0.25, 0.3) is 0 Å². The van der Waals surface area contributed by atoms with Crippen molar-refractivity contribution in [3.05, 3.63) is 54.1 Å². The molecule has 2 aromatic rings. The summed E-state index contributed by atoms with van der Waals surface area (Å²) in [5.41, 5.74) is 2.08. The number of thiophene rings is 1. The van der Waals surface area contributed by atoms with Crippen LogP contribution < -0.4 is 0 Å². The van der Waals surface area contributed by atoms with Gasteiger partial charge in [-0.1, -0.05) is 39.1 Å². The molecule has 0 spiro atoms. The molecule has 0 aliphatic carbocycles. The van der Waals surface area contributed by atoms with Gasteiger partial charge in [-0.25, -0.2) is 0 Å². The van der Waals surface area contributed by atoms with Crippen molar-refractivity contribution in [3.8, 4) is 0 Å². The topological polar surface area (TPSA) is 17.1 Å². The molecule has 0 saturated heterocycles. The van der Waals surface area contributed by atoms with E-state index in [1.54, 1.807) is 12.1 Å². The molecule has 0 aliphatic heterocycles. The van der Waals surface area contributed by atoms with Crippen molar-refractivity contribution in [1.29, 1.82) is 0 Å². The van der Waals surface area contributed by atoms with Crippen LogP contribution in [0.4, 0.5) is 0 Å². The van der Waals surface area contributed by atoms with Crippen LogP contribution in [0.2, 0.25) is 8.67 Å². The largest absolute Gasteiger partial charge is 0.289 e. The van der Waals surface area contributed by atoms with Gasteiger partial charge >= 0.3 is 0 Å². The summed E-state index contributed by atoms with van der Waals surface area (Å²) >= 11 is 16.4. The molecule has 1 aromatic carbocycles. The summed E-state index contributed by atoms with van der Waals surface area (Å²) in [5, 5.41) is 0. The molecule has 1 heterocycles. The lowest BCUT2D eigenvalue weighted by molar-refractivity contribution is 0.103. The highest BCUT2D eigenvalue weighted by atomic mass is 79.9. The highest BCUT2D eigenvalue weighted by Gasteiger charge is 2.16. The molecule has 1 aromatic heterocycles. The van der Waals surface area contributed by atoms with E-state index in [-0.39, 0.29) is 5.78 Å². The molecule has 0 amide bonds. The Morgan fingerprint density at radius 3 is 2.47 bits per heavy atom. The van der Waals surface area contributed by atoms with E-state index in [0.29, 0.717) is 19.8 Å². The fourth-order valence-electron chi connectivity index (χ4n) is 1.52. The molecule has 5 heteroatoms. The van der Waals surface area contributed by atoms with E-state index in [9.17, 15) is 4.79 Å². The minimum Gasteiger partial charge on any atom is -0.289 e. The highest BCUT2D eigenvalue weighted by Crippen LogP contribution is 2.33. The van der Waals surface area contributed by atoms with E-state index in [2.05, 4.69) is 15.9 Å². The first-order chi connectivity index (χ1) is 7.97. The fourth-order valence-corrected chi connectivity index (χ4v) is 3.58. The predicted molar refractivity (Wildman–Crippen MR) is 76.7 cm³/mol. The van der Waals surface area contributed by atoms with Crippen LogP contribution in [0.1, 0.15) is 21.5 Å². The fraction of sp³-hybridized carbons (Fsp3) is 0.0833. The van der Waals surface area contributed by atoms with Gasteiger partial charge < -0.3 is 0 Å². The zero-order valence-corrected chi connectivity index (χ0v) is 12.7. The lowest BCUT2D eigenvalue weighted by Crippen LogP contribution is -2.00. The van der Waals surface area contributed by atoms with Gasteiger partial charge in [-0.2, -0.15) is 0 Å². The number of carbonyl (C=O) groups excluding carboxylic acids is 1. The maximum atomic E-state index is 12.2. The maximum absolute atomic E-state index is 12.2. The number of benzene rings is 1. The first-order valence-electron chi connectivity index (χ1n) is 4.74. The van der Waals surface area contributed by atoms with Crippen LogP contribution >= 0.6 is 50.5 Å². The van der Waals surface area contributed by atoms with Crippen LogP contribution in [-0.4, -0.2) is 5.78 Å². The zero-order valence-electron chi connectivity index (χ0n) is 8.76. The Balaban J connectivity index is 2.47. The quantitative estimate of drug-likeness (QED) is 0.667. The second-order valence-electron chi connectivity index (χ2n) is 3.58. The summed E-state index contributed by atoms with van der Waals surface area (Å²) < 4.78 is 1.82. The minimum atomic E-state index is -0.109. The Morgan fingerprint density at radius 1 is 1.24 bits per heavy atom. The van der Waals surface area contributed by atoms with E-state index in [1.807, 2.05) is 19.1 Å². The third-order valence-electron chi connectivity index (χ3n) is 2.21. The normalized spacial score (nSPS) is 10.6. The van der Waals surface area contributed by atoms with Crippen molar-refractivity contribution in [3.63, 3.8) is 0 Å². The van der Waals surface area contributed by atoms with Crippen molar-refractivity contribution in [1.82, 2.24) is 0 Å². The van der Waals surface area contributed by atoms with Crippen LogP contribution in [0.3, 0.4) is 0 Å². The number of rotatable bonds is 2. The third-order valence-corrected chi connectivity index (χ3v) is 4.15. The van der Waals surface area contributed by atoms with E-state index >= 15 is 0 Å². The van der Waals surface area contributed by atoms with Crippen LogP contribution in [0, 0.1) is 6.92 Å². The first-order valence-corrected chi connectivity index (χ1v) is 7.10. The van der Waals surface area contributed by atoms with Crippen molar-refractivity contribution < 1.29 is 4.79 Å². The van der Waals surface area contributed by atoms with Crippen LogP contribution in [-0.2, 0) is 0 Å². The molecule has 88 valence electrons. The minimum absolute atomic E-state index is 0.109. The van der Waals surface area contributed by atoms with Gasteiger partial charge in [0.15, 0.2) is 5.78 Å². The average Bonchev–Trinajstić information content (AvgIpc) is 2.55. The molecule has 0 atom stereocenters. The van der Waals surface area contributed by atoms with Gasteiger partial charge in [0.05, 0.1) is 9.90 Å². The van der Waals surface area contributed by atoms with Crippen LogP contribution in [0.25, 0.3) is 0 Å². The van der Waals surface area contributed by atoms with Gasteiger partial charge in [0.1, 0.15) is 4.34 Å². The lowest BCUT2D eigenvalue weighted by Gasteiger charge is -2.02. The molecular weight excluding hydrogens is 343 g/mol. The SMILES string of the molecule is Cc1cc(Br)cc(C(=O)c2cc(Cl)sc2Cl)c1. The summed E-state index contributed by atoms with van der Waals surface area (Å²) in [7, 11) is 0. The predicted octanol–water partition coefficient (Wildman–Crippen LogP) is 5.36. The molecule has 0 aliphatic rings. The average molecular weight is 350 g/mol. The molecule has 0 saturated carbocycles. The second-order valence-corrected chi connectivity index (χ2v) is 6.79. The van der Waals surface area contributed by atoms with Gasteiger partial charge in [0.2, 0.25) is 0 Å². The van der Waals surface area contributed by atoms with Crippen LogP contribution in [0.15, 0.2) is 28.7 Å². The number of hydrogen-bond donors (Lipinski definition) is 0. The molecule has 0 N–H and O–H groups in total. The highest BCUT2D eigenvalue weighted by molar-refractivity contribution is 9.10. The molecule has 0 bridgehead atoms. The smallest absolute Gasteiger partial charge is 0.195 e.